The van der Waals surface area contributed by atoms with Crippen LogP contribution in [0.2, 0.25) is 0 Å². The number of carbonyl (C=O) groups is 1. The maximum Gasteiger partial charge on any atom is 0.334 e. The van der Waals surface area contributed by atoms with Gasteiger partial charge in [0.05, 0.1) is 18.4 Å². The number of carboxylic acids is 1. The molecule has 0 amide bonds. The van der Waals surface area contributed by atoms with Crippen LogP contribution in [0.15, 0.2) is 11.8 Å². The lowest BCUT2D eigenvalue weighted by Gasteiger charge is -1.96. The minimum absolute atomic E-state index is 0.174. The second-order valence-electron chi connectivity index (χ2n) is 1.77. The van der Waals surface area contributed by atoms with Gasteiger partial charge in [0, 0.05) is 6.54 Å². The molecule has 0 bridgehead atoms. The van der Waals surface area contributed by atoms with E-state index in [4.69, 9.17) is 15.6 Å². The molecule has 0 unspecified atom stereocenters. The molecule has 0 aromatic rings. The Morgan fingerprint density at radius 3 is 2.80 bits per heavy atom. The van der Waals surface area contributed by atoms with Crippen LogP contribution in [0, 0.1) is 0 Å². The number of nitrogens with two attached hydrogens (primary N) is 1. The highest BCUT2D eigenvalue weighted by molar-refractivity contribution is 5.85. The quantitative estimate of drug-likeness (QED) is 0.330. The van der Waals surface area contributed by atoms with E-state index in [9.17, 15) is 4.79 Å². The van der Waals surface area contributed by atoms with E-state index in [0.717, 1.165) is 0 Å². The SMILES string of the molecule is CC(=COCCN)C(=O)O. The smallest absolute Gasteiger partial charge is 0.334 e. The van der Waals surface area contributed by atoms with Gasteiger partial charge in [-0.2, -0.15) is 0 Å². The van der Waals surface area contributed by atoms with Gasteiger partial charge in [-0.15, -0.1) is 0 Å². The number of ether oxygens (including phenoxy) is 1. The van der Waals surface area contributed by atoms with Gasteiger partial charge in [-0.05, 0) is 6.92 Å². The van der Waals surface area contributed by atoms with Crippen LogP contribution in [0.5, 0.6) is 0 Å². The predicted molar refractivity (Wildman–Crippen MR) is 36.4 cm³/mol. The molecule has 4 nitrogen and oxygen atoms in total. The molecule has 0 fully saturated rings. The van der Waals surface area contributed by atoms with Crippen molar-refractivity contribution in [3.05, 3.63) is 11.8 Å². The summed E-state index contributed by atoms with van der Waals surface area (Å²) in [6.07, 6.45) is 1.19. The van der Waals surface area contributed by atoms with Gasteiger partial charge in [0.15, 0.2) is 0 Å². The monoisotopic (exact) mass is 145 g/mol. The van der Waals surface area contributed by atoms with Crippen molar-refractivity contribution in [3.8, 4) is 0 Å². The molecule has 0 radical (unpaired) electrons. The summed E-state index contributed by atoms with van der Waals surface area (Å²) in [5.74, 6) is -0.975. The summed E-state index contributed by atoms with van der Waals surface area (Å²) in [6, 6.07) is 0. The maximum atomic E-state index is 10.1. The number of hydrogen-bond acceptors (Lipinski definition) is 3. The third kappa shape index (κ3) is 3.91. The van der Waals surface area contributed by atoms with Gasteiger partial charge in [0.2, 0.25) is 0 Å². The Balaban J connectivity index is 3.58. The Bertz CT molecular complexity index is 142. The summed E-state index contributed by atoms with van der Waals surface area (Å²) >= 11 is 0. The first-order valence-electron chi connectivity index (χ1n) is 2.90. The lowest BCUT2D eigenvalue weighted by Crippen LogP contribution is -2.06. The van der Waals surface area contributed by atoms with Crippen LogP contribution < -0.4 is 5.73 Å². The van der Waals surface area contributed by atoms with Gasteiger partial charge >= 0.3 is 5.97 Å². The first-order chi connectivity index (χ1) is 4.68. The van der Waals surface area contributed by atoms with Crippen LogP contribution in [0.4, 0.5) is 0 Å². The van der Waals surface area contributed by atoms with E-state index in [2.05, 4.69) is 0 Å². The van der Waals surface area contributed by atoms with Crippen molar-refractivity contribution in [3.63, 3.8) is 0 Å². The molecule has 0 aliphatic carbocycles. The fourth-order valence-electron chi connectivity index (χ4n) is 0.302. The lowest BCUT2D eigenvalue weighted by atomic mass is 10.3. The molecule has 58 valence electrons. The minimum Gasteiger partial charge on any atom is -0.499 e. The van der Waals surface area contributed by atoms with Crippen LogP contribution in [-0.2, 0) is 9.53 Å². The summed E-state index contributed by atoms with van der Waals surface area (Å²) in [7, 11) is 0. The molecule has 0 aromatic heterocycles. The Kier molecular flexibility index (Phi) is 4.32. The second-order valence-corrected chi connectivity index (χ2v) is 1.77. The van der Waals surface area contributed by atoms with E-state index < -0.39 is 5.97 Å². The molecule has 0 aliphatic heterocycles. The number of hydrogen-bond donors (Lipinski definition) is 2. The van der Waals surface area contributed by atoms with Crippen molar-refractivity contribution in [1.29, 1.82) is 0 Å². The number of aliphatic carboxylic acids is 1. The largest absolute Gasteiger partial charge is 0.499 e. The minimum atomic E-state index is -0.975. The average Bonchev–Trinajstić information content (AvgIpc) is 1.88. The summed E-state index contributed by atoms with van der Waals surface area (Å²) in [6.45, 7) is 2.20. The Morgan fingerprint density at radius 2 is 2.40 bits per heavy atom. The molecule has 3 N–H and O–H groups in total. The van der Waals surface area contributed by atoms with E-state index in [1.165, 1.54) is 13.2 Å². The molecular weight excluding hydrogens is 134 g/mol. The van der Waals surface area contributed by atoms with Crippen molar-refractivity contribution in [1.82, 2.24) is 0 Å². The van der Waals surface area contributed by atoms with Crippen molar-refractivity contribution in [2.45, 2.75) is 6.92 Å². The molecule has 0 atom stereocenters. The summed E-state index contributed by atoms with van der Waals surface area (Å²) in [5.41, 5.74) is 5.26. The van der Waals surface area contributed by atoms with Gasteiger partial charge in [-0.3, -0.25) is 0 Å². The van der Waals surface area contributed by atoms with Crippen molar-refractivity contribution >= 4 is 5.97 Å². The highest BCUT2D eigenvalue weighted by Gasteiger charge is 1.97. The summed E-state index contributed by atoms with van der Waals surface area (Å²) in [4.78, 5) is 10.1. The third-order valence-electron chi connectivity index (χ3n) is 0.833. The van der Waals surface area contributed by atoms with Gasteiger partial charge in [0.25, 0.3) is 0 Å². The molecular formula is C6H11NO3. The van der Waals surface area contributed by atoms with Crippen LogP contribution >= 0.6 is 0 Å². The standard InChI is InChI=1S/C6H11NO3/c1-5(6(8)9)4-10-3-2-7/h4H,2-3,7H2,1H3,(H,8,9). The normalized spacial score (nSPS) is 11.2. The van der Waals surface area contributed by atoms with Gasteiger partial charge in [-0.25, -0.2) is 4.79 Å². The van der Waals surface area contributed by atoms with Crippen LogP contribution in [-0.4, -0.2) is 24.2 Å². The first-order valence-corrected chi connectivity index (χ1v) is 2.90. The maximum absolute atomic E-state index is 10.1. The molecule has 0 heterocycles. The van der Waals surface area contributed by atoms with Crippen LogP contribution in [0.25, 0.3) is 0 Å². The zero-order chi connectivity index (χ0) is 7.98. The predicted octanol–water partition coefficient (Wildman–Crippen LogP) is -0.0499. The highest BCUT2D eigenvalue weighted by Crippen LogP contribution is 1.91. The topological polar surface area (TPSA) is 72.5 Å². The average molecular weight is 145 g/mol. The van der Waals surface area contributed by atoms with Crippen LogP contribution in [0.3, 0.4) is 0 Å². The van der Waals surface area contributed by atoms with Crippen molar-refractivity contribution in [2.24, 2.45) is 5.73 Å². The van der Waals surface area contributed by atoms with Gasteiger partial charge in [-0.1, -0.05) is 0 Å². The third-order valence-corrected chi connectivity index (χ3v) is 0.833. The van der Waals surface area contributed by atoms with Gasteiger partial charge < -0.3 is 15.6 Å². The zero-order valence-electron chi connectivity index (χ0n) is 5.83. The zero-order valence-corrected chi connectivity index (χ0v) is 5.83. The van der Waals surface area contributed by atoms with Crippen molar-refractivity contribution < 1.29 is 14.6 Å². The molecule has 0 saturated carbocycles. The Morgan fingerprint density at radius 1 is 1.80 bits per heavy atom. The molecule has 0 aromatic carbocycles. The van der Waals surface area contributed by atoms with E-state index in [1.807, 2.05) is 0 Å². The summed E-state index contributed by atoms with van der Waals surface area (Å²) < 4.78 is 4.74. The molecule has 0 rings (SSSR count). The van der Waals surface area contributed by atoms with Gasteiger partial charge in [0.1, 0.15) is 0 Å². The van der Waals surface area contributed by atoms with E-state index >= 15 is 0 Å². The molecule has 0 saturated heterocycles. The van der Waals surface area contributed by atoms with Crippen molar-refractivity contribution in [2.75, 3.05) is 13.2 Å². The van der Waals surface area contributed by atoms with E-state index in [0.29, 0.717) is 13.2 Å². The lowest BCUT2D eigenvalue weighted by molar-refractivity contribution is -0.132. The molecule has 10 heavy (non-hydrogen) atoms. The fraction of sp³-hybridized carbons (Fsp3) is 0.500. The number of rotatable bonds is 4. The summed E-state index contributed by atoms with van der Waals surface area (Å²) in [5, 5.41) is 8.30. The number of carboxylic acid groups (broad SMARTS) is 1. The second kappa shape index (κ2) is 4.81. The molecule has 4 heteroatoms. The van der Waals surface area contributed by atoms with E-state index in [-0.39, 0.29) is 5.57 Å². The highest BCUT2D eigenvalue weighted by atomic mass is 16.5. The molecule has 0 aliphatic rings. The fourth-order valence-corrected chi connectivity index (χ4v) is 0.302. The Labute approximate surface area is 59.3 Å². The Hall–Kier alpha value is -1.03. The van der Waals surface area contributed by atoms with E-state index in [1.54, 1.807) is 0 Å². The molecule has 0 spiro atoms. The first kappa shape index (κ1) is 8.97. The van der Waals surface area contributed by atoms with Crippen LogP contribution in [0.1, 0.15) is 6.92 Å².